The summed E-state index contributed by atoms with van der Waals surface area (Å²) in [6, 6.07) is 11.9. The lowest BCUT2D eigenvalue weighted by Crippen LogP contribution is -2.55. The first kappa shape index (κ1) is 14.0. The average Bonchev–Trinajstić information content (AvgIpc) is 2.90. The third-order valence-corrected chi connectivity index (χ3v) is 5.64. The van der Waals surface area contributed by atoms with Crippen molar-refractivity contribution >= 4 is 21.4 Å². The van der Waals surface area contributed by atoms with Crippen molar-refractivity contribution in [3.05, 3.63) is 35.2 Å². The Balaban J connectivity index is 1.85. The Morgan fingerprint density at radius 1 is 1.35 bits per heavy atom. The molecule has 4 heteroatoms. The van der Waals surface area contributed by atoms with Gasteiger partial charge in [0.25, 0.3) is 0 Å². The van der Waals surface area contributed by atoms with Crippen LogP contribution in [0.15, 0.2) is 30.3 Å². The van der Waals surface area contributed by atoms with Crippen LogP contribution in [0.1, 0.15) is 17.8 Å². The van der Waals surface area contributed by atoms with E-state index in [1.165, 1.54) is 15.0 Å². The lowest BCUT2D eigenvalue weighted by molar-refractivity contribution is 0.0633. The fraction of sp³-hybridized carbons (Fsp3) is 0.500. The van der Waals surface area contributed by atoms with E-state index in [1.807, 2.05) is 11.3 Å². The molecule has 108 valence electrons. The Morgan fingerprint density at radius 3 is 2.90 bits per heavy atom. The Bertz CT molecular complexity index is 547. The number of benzene rings is 1. The highest BCUT2D eigenvalue weighted by Crippen LogP contribution is 2.33. The lowest BCUT2D eigenvalue weighted by Gasteiger charge is -2.42. The molecule has 2 N–H and O–H groups in total. The average molecular weight is 289 g/mol. The molecule has 3 rings (SSSR count). The van der Waals surface area contributed by atoms with Crippen LogP contribution in [0.3, 0.4) is 0 Å². The molecule has 0 aliphatic carbocycles. The fourth-order valence-corrected chi connectivity index (χ4v) is 4.25. The number of hydrogen-bond acceptors (Lipinski definition) is 4. The van der Waals surface area contributed by atoms with Crippen molar-refractivity contribution in [1.82, 2.24) is 9.80 Å². The number of nitrogens with zero attached hydrogens (tertiary/aromatic N) is 2. The van der Waals surface area contributed by atoms with Crippen molar-refractivity contribution in [3.63, 3.8) is 0 Å². The maximum Gasteiger partial charge on any atom is 0.0418 e. The number of hydrogen-bond donors (Lipinski definition) is 1. The van der Waals surface area contributed by atoms with Gasteiger partial charge in [-0.3, -0.25) is 4.90 Å². The van der Waals surface area contributed by atoms with Gasteiger partial charge in [-0.1, -0.05) is 18.2 Å². The normalized spacial score (nSPS) is 23.2. The molecular weight excluding hydrogens is 266 g/mol. The number of likely N-dealkylation sites (N-methyl/N-ethyl adjacent to an activating group) is 1. The Hall–Kier alpha value is -0.940. The summed E-state index contributed by atoms with van der Waals surface area (Å²) >= 11 is 1.92. The predicted octanol–water partition coefficient (Wildman–Crippen LogP) is 2.54. The molecule has 1 fully saturated rings. The van der Waals surface area contributed by atoms with Gasteiger partial charge in [0, 0.05) is 47.8 Å². The van der Waals surface area contributed by atoms with Crippen LogP contribution in [-0.4, -0.2) is 49.1 Å². The summed E-state index contributed by atoms with van der Waals surface area (Å²) in [5, 5.41) is 1.36. The first-order chi connectivity index (χ1) is 9.69. The Morgan fingerprint density at radius 2 is 2.15 bits per heavy atom. The van der Waals surface area contributed by atoms with Gasteiger partial charge in [0.1, 0.15) is 0 Å². The van der Waals surface area contributed by atoms with E-state index in [2.05, 4.69) is 54.1 Å². The summed E-state index contributed by atoms with van der Waals surface area (Å²) in [5.74, 6) is 0. The first-order valence-electron chi connectivity index (χ1n) is 7.32. The highest BCUT2D eigenvalue weighted by Gasteiger charge is 2.29. The molecule has 0 saturated carbocycles. The molecule has 2 aromatic rings. The minimum Gasteiger partial charge on any atom is -0.329 e. The maximum atomic E-state index is 5.98. The van der Waals surface area contributed by atoms with Crippen molar-refractivity contribution < 1.29 is 0 Å². The topological polar surface area (TPSA) is 32.5 Å². The van der Waals surface area contributed by atoms with Crippen molar-refractivity contribution in [1.29, 1.82) is 0 Å². The van der Waals surface area contributed by atoms with Gasteiger partial charge in [-0.05, 0) is 31.5 Å². The van der Waals surface area contributed by atoms with Crippen LogP contribution < -0.4 is 5.73 Å². The first-order valence-corrected chi connectivity index (χ1v) is 8.13. The van der Waals surface area contributed by atoms with Crippen LogP contribution in [0.5, 0.6) is 0 Å². The van der Waals surface area contributed by atoms with Gasteiger partial charge in [0.15, 0.2) is 0 Å². The molecule has 1 aromatic carbocycles. The molecule has 0 spiro atoms. The highest BCUT2D eigenvalue weighted by molar-refractivity contribution is 7.19. The number of fused-ring (bicyclic) bond motifs is 1. The molecule has 2 heterocycles. The van der Waals surface area contributed by atoms with E-state index in [0.717, 1.165) is 26.2 Å². The van der Waals surface area contributed by atoms with Gasteiger partial charge >= 0.3 is 0 Å². The molecule has 1 aromatic heterocycles. The van der Waals surface area contributed by atoms with Gasteiger partial charge in [-0.15, -0.1) is 11.3 Å². The van der Waals surface area contributed by atoms with E-state index >= 15 is 0 Å². The fourth-order valence-electron chi connectivity index (χ4n) is 3.12. The third kappa shape index (κ3) is 2.61. The molecule has 2 unspecified atom stereocenters. The minimum atomic E-state index is 0.453. The van der Waals surface area contributed by atoms with Crippen LogP contribution >= 0.6 is 11.3 Å². The summed E-state index contributed by atoms with van der Waals surface area (Å²) in [6.45, 7) is 6.36. The zero-order chi connectivity index (χ0) is 14.1. The van der Waals surface area contributed by atoms with Crippen LogP contribution in [0, 0.1) is 0 Å². The zero-order valence-electron chi connectivity index (χ0n) is 12.2. The van der Waals surface area contributed by atoms with Crippen molar-refractivity contribution in [2.75, 3.05) is 33.2 Å². The molecule has 1 aliphatic heterocycles. The van der Waals surface area contributed by atoms with Gasteiger partial charge in [0.2, 0.25) is 0 Å². The third-order valence-electron chi connectivity index (χ3n) is 4.36. The van der Waals surface area contributed by atoms with Crippen molar-refractivity contribution in [2.45, 2.75) is 19.0 Å². The standard InChI is InChI=1S/C16H23N3S/c1-12(19-8-7-18(2)11-14(19)10-17)16-9-13-5-3-4-6-15(13)20-16/h3-6,9,12,14H,7-8,10-11,17H2,1-2H3. The largest absolute Gasteiger partial charge is 0.329 e. The summed E-state index contributed by atoms with van der Waals surface area (Å²) in [4.78, 5) is 6.41. The quantitative estimate of drug-likeness (QED) is 0.942. The molecule has 20 heavy (non-hydrogen) atoms. The van der Waals surface area contributed by atoms with E-state index in [1.54, 1.807) is 0 Å². The van der Waals surface area contributed by atoms with Gasteiger partial charge in [0.05, 0.1) is 0 Å². The zero-order valence-corrected chi connectivity index (χ0v) is 13.1. The predicted molar refractivity (Wildman–Crippen MR) is 87.3 cm³/mol. The Kier molecular flexibility index (Phi) is 4.08. The second-order valence-electron chi connectivity index (χ2n) is 5.75. The summed E-state index contributed by atoms with van der Waals surface area (Å²) in [6.07, 6.45) is 0. The highest BCUT2D eigenvalue weighted by atomic mass is 32.1. The van der Waals surface area contributed by atoms with Crippen molar-refractivity contribution in [3.8, 4) is 0 Å². The van der Waals surface area contributed by atoms with E-state index in [-0.39, 0.29) is 0 Å². The van der Waals surface area contributed by atoms with E-state index in [4.69, 9.17) is 5.73 Å². The minimum absolute atomic E-state index is 0.453. The van der Waals surface area contributed by atoms with Crippen LogP contribution in [0.4, 0.5) is 0 Å². The molecule has 0 radical (unpaired) electrons. The molecule has 1 aliphatic rings. The summed E-state index contributed by atoms with van der Waals surface area (Å²) < 4.78 is 1.38. The monoisotopic (exact) mass is 289 g/mol. The van der Waals surface area contributed by atoms with Crippen LogP contribution in [0.25, 0.3) is 10.1 Å². The van der Waals surface area contributed by atoms with E-state index < -0.39 is 0 Å². The SMILES string of the molecule is CC(c1cc2ccccc2s1)N1CCN(C)CC1CN. The molecule has 1 saturated heterocycles. The number of rotatable bonds is 3. The molecule has 0 amide bonds. The van der Waals surface area contributed by atoms with Gasteiger partial charge < -0.3 is 10.6 Å². The number of nitrogens with two attached hydrogens (primary N) is 1. The second-order valence-corrected chi connectivity index (χ2v) is 6.87. The van der Waals surface area contributed by atoms with Crippen LogP contribution in [0.2, 0.25) is 0 Å². The van der Waals surface area contributed by atoms with Crippen LogP contribution in [-0.2, 0) is 0 Å². The number of piperazine rings is 1. The number of thiophene rings is 1. The molecule has 2 atom stereocenters. The summed E-state index contributed by atoms with van der Waals surface area (Å²) in [7, 11) is 2.18. The molecule has 3 nitrogen and oxygen atoms in total. The second kappa shape index (κ2) is 5.82. The molecule has 0 bridgehead atoms. The van der Waals surface area contributed by atoms with E-state index in [9.17, 15) is 0 Å². The smallest absolute Gasteiger partial charge is 0.0418 e. The Labute approximate surface area is 125 Å². The lowest BCUT2D eigenvalue weighted by atomic mass is 10.1. The summed E-state index contributed by atoms with van der Waals surface area (Å²) in [5.41, 5.74) is 5.98. The maximum absolute atomic E-state index is 5.98. The van der Waals surface area contributed by atoms with E-state index in [0.29, 0.717) is 12.1 Å². The van der Waals surface area contributed by atoms with Gasteiger partial charge in [-0.25, -0.2) is 0 Å². The van der Waals surface area contributed by atoms with Gasteiger partial charge in [-0.2, -0.15) is 0 Å². The molecular formula is C16H23N3S. The van der Waals surface area contributed by atoms with Crippen molar-refractivity contribution in [2.24, 2.45) is 5.73 Å².